The van der Waals surface area contributed by atoms with E-state index >= 15 is 4.39 Å². The first-order valence-electron chi connectivity index (χ1n) is 11.3. The molecule has 0 aliphatic heterocycles. The Balaban J connectivity index is 2.47. The highest BCUT2D eigenvalue weighted by Crippen LogP contribution is 2.42. The van der Waals surface area contributed by atoms with Crippen molar-refractivity contribution >= 4 is 52.4 Å². The van der Waals surface area contributed by atoms with Gasteiger partial charge in [-0.1, -0.05) is 40.9 Å². The smallest absolute Gasteiger partial charge is 0.341 e. The van der Waals surface area contributed by atoms with Gasteiger partial charge in [-0.2, -0.15) is 26.3 Å². The number of carbonyl (C=O) groups excluding carboxylic acids is 2. The lowest BCUT2D eigenvalue weighted by Gasteiger charge is -2.24. The third-order valence-corrected chi connectivity index (χ3v) is 6.78. The number of likely N-dealkylation sites (N-methyl/N-ethyl adjacent to an activating group) is 1. The van der Waals surface area contributed by atoms with Gasteiger partial charge in [0.1, 0.15) is 18.4 Å². The van der Waals surface area contributed by atoms with Crippen molar-refractivity contribution in [1.82, 2.24) is 10.2 Å². The van der Waals surface area contributed by atoms with Crippen molar-refractivity contribution in [3.8, 4) is 0 Å². The first kappa shape index (κ1) is 34.6. The normalized spacial score (nSPS) is 14.5. The lowest BCUT2D eigenvalue weighted by Crippen LogP contribution is -2.48. The molecule has 2 atom stereocenters. The van der Waals surface area contributed by atoms with E-state index in [1.807, 2.05) is 5.32 Å². The van der Waals surface area contributed by atoms with E-state index in [1.165, 1.54) is 0 Å². The number of alkyl halides is 8. The Labute approximate surface area is 243 Å². The summed E-state index contributed by atoms with van der Waals surface area (Å²) in [6, 6.07) is 1.74. The molecule has 0 bridgehead atoms. The first-order chi connectivity index (χ1) is 18.5. The zero-order valence-corrected chi connectivity index (χ0v) is 23.4. The molecule has 0 saturated carbocycles. The molecule has 0 aliphatic rings. The highest BCUT2D eigenvalue weighted by atomic mass is 35.5. The van der Waals surface area contributed by atoms with E-state index in [0.717, 1.165) is 26.1 Å². The van der Waals surface area contributed by atoms with Crippen LogP contribution in [0.4, 0.5) is 39.5 Å². The van der Waals surface area contributed by atoms with E-state index in [4.69, 9.17) is 34.8 Å². The monoisotopic (exact) mass is 656 g/mol. The average Bonchev–Trinajstić information content (AvgIpc) is 2.82. The summed E-state index contributed by atoms with van der Waals surface area (Å²) in [4.78, 5) is 24.9. The van der Waals surface area contributed by atoms with Crippen molar-refractivity contribution in [2.24, 2.45) is 0 Å². The molecule has 0 heterocycles. The molecule has 0 fully saturated rings. The third kappa shape index (κ3) is 9.17. The Morgan fingerprint density at radius 3 is 1.98 bits per heavy atom. The molecule has 0 spiro atoms. The van der Waals surface area contributed by atoms with Crippen LogP contribution < -0.4 is 5.32 Å². The summed E-state index contributed by atoms with van der Waals surface area (Å²) < 4.78 is 123. The van der Waals surface area contributed by atoms with Gasteiger partial charge in [-0.05, 0) is 42.8 Å². The number of nitrogens with zero attached hydrogens (tertiary/aromatic N) is 1. The largest absolute Gasteiger partial charge is 0.417 e. The molecule has 2 aromatic rings. The number of carbonyl (C=O) groups is 2. The molecule has 0 saturated heterocycles. The molecule has 0 aliphatic carbocycles. The maximum atomic E-state index is 15.1. The highest BCUT2D eigenvalue weighted by molar-refractivity contribution is 6.48. The summed E-state index contributed by atoms with van der Waals surface area (Å²) in [7, 11) is 0.780. The van der Waals surface area contributed by atoms with Crippen molar-refractivity contribution < 1.29 is 49.1 Å². The van der Waals surface area contributed by atoms with E-state index in [0.29, 0.717) is 25.1 Å². The van der Waals surface area contributed by atoms with E-state index in [-0.39, 0.29) is 31.6 Å². The molecule has 226 valence electrons. The first-order valence-corrected chi connectivity index (χ1v) is 12.4. The Morgan fingerprint density at radius 2 is 1.51 bits per heavy atom. The lowest BCUT2D eigenvalue weighted by molar-refractivity contribution is -0.159. The summed E-state index contributed by atoms with van der Waals surface area (Å²) in [6.45, 7) is -0.287. The van der Waals surface area contributed by atoms with Gasteiger partial charge in [0.05, 0.1) is 32.1 Å². The van der Waals surface area contributed by atoms with Gasteiger partial charge in [0, 0.05) is 19.5 Å². The van der Waals surface area contributed by atoms with Gasteiger partial charge in [-0.15, -0.1) is 0 Å². The zero-order valence-electron chi connectivity index (χ0n) is 21.1. The number of nitrogens with one attached hydrogen (secondary N) is 1. The number of hydrogen-bond acceptors (Lipinski definition) is 2. The summed E-state index contributed by atoms with van der Waals surface area (Å²) in [5, 5.41) is 1.25. The molecule has 41 heavy (non-hydrogen) atoms. The zero-order chi connectivity index (χ0) is 31.7. The Morgan fingerprint density at radius 1 is 0.976 bits per heavy atom. The van der Waals surface area contributed by atoms with Crippen LogP contribution in [0.2, 0.25) is 15.1 Å². The highest BCUT2D eigenvalue weighted by Gasteiger charge is 2.38. The number of benzene rings is 2. The van der Waals surface area contributed by atoms with Gasteiger partial charge in [-0.25, -0.2) is 13.2 Å². The second kappa shape index (κ2) is 12.7. The molecule has 0 aromatic heterocycles. The van der Waals surface area contributed by atoms with Crippen LogP contribution in [0.3, 0.4) is 0 Å². The minimum Gasteiger partial charge on any atom is -0.341 e. The molecule has 4 nitrogen and oxygen atoms in total. The van der Waals surface area contributed by atoms with Gasteiger partial charge in [0.2, 0.25) is 5.91 Å². The Bertz CT molecular complexity index is 1320. The minimum atomic E-state index is -5.27. The van der Waals surface area contributed by atoms with E-state index in [2.05, 4.69) is 0 Å². The predicted octanol–water partition coefficient (Wildman–Crippen LogP) is 8.55. The lowest BCUT2D eigenvalue weighted by atomic mass is 9.91. The minimum absolute atomic E-state index is 0.161. The van der Waals surface area contributed by atoms with Crippen LogP contribution in [0.15, 0.2) is 36.4 Å². The van der Waals surface area contributed by atoms with Gasteiger partial charge < -0.3 is 10.2 Å². The van der Waals surface area contributed by atoms with Gasteiger partial charge in [-0.3, -0.25) is 9.59 Å². The second-order valence-electron chi connectivity index (χ2n) is 9.01. The van der Waals surface area contributed by atoms with Crippen LogP contribution in [-0.2, 0) is 11.0 Å². The van der Waals surface area contributed by atoms with Crippen molar-refractivity contribution in [3.63, 3.8) is 0 Å². The predicted molar refractivity (Wildman–Crippen MR) is 136 cm³/mol. The van der Waals surface area contributed by atoms with Crippen molar-refractivity contribution in [3.05, 3.63) is 73.7 Å². The number of halogens is 12. The fourth-order valence-corrected chi connectivity index (χ4v) is 4.28. The van der Waals surface area contributed by atoms with Gasteiger partial charge in [0.15, 0.2) is 0 Å². The third-order valence-electron chi connectivity index (χ3n) is 5.58. The quantitative estimate of drug-likeness (QED) is 0.229. The van der Waals surface area contributed by atoms with Crippen molar-refractivity contribution in [2.45, 2.75) is 44.1 Å². The SMILES string of the molecule is C[C@@H](NC(=O)c1ccc(/C(F)=C/C(c2cc(Cl)c(Cl)c(Cl)c2)C(C)(F)F)cc1C(F)(F)F)C(=O)N(C)CC(F)(F)F. The van der Waals surface area contributed by atoms with Crippen LogP contribution in [0.5, 0.6) is 0 Å². The molecular weight excluding hydrogens is 638 g/mol. The van der Waals surface area contributed by atoms with E-state index in [9.17, 15) is 44.7 Å². The Hall–Kier alpha value is -2.64. The maximum Gasteiger partial charge on any atom is 0.417 e. The van der Waals surface area contributed by atoms with Crippen LogP contribution in [0, 0.1) is 0 Å². The number of amides is 2. The molecule has 1 unspecified atom stereocenters. The fraction of sp³-hybridized carbons (Fsp3) is 0.360. The molecule has 0 radical (unpaired) electrons. The molecular formula is C25H20Cl3F9N2O2. The molecule has 2 aromatic carbocycles. The number of hydrogen-bond donors (Lipinski definition) is 1. The van der Waals surface area contributed by atoms with E-state index < -0.39 is 71.1 Å². The van der Waals surface area contributed by atoms with E-state index in [1.54, 1.807) is 0 Å². The number of rotatable bonds is 8. The topological polar surface area (TPSA) is 49.4 Å². The summed E-state index contributed by atoms with van der Waals surface area (Å²) in [5.41, 5.74) is -3.92. The standard InChI is InChI=1S/C25H20Cl3F9N2O2/c1-11(22(41)39(3)10-24(32,33)34)38-21(40)14-5-4-12(6-16(14)25(35,36)37)19(29)9-15(23(2,30)31)13-7-17(26)20(28)18(27)8-13/h4-9,11,15H,10H2,1-3H3,(H,38,40)/b19-9-/t11-,15?/m1/s1. The summed E-state index contributed by atoms with van der Waals surface area (Å²) in [5.74, 6) is -9.99. The van der Waals surface area contributed by atoms with Gasteiger partial charge in [0.25, 0.3) is 11.8 Å². The fourth-order valence-electron chi connectivity index (χ4n) is 3.67. The van der Waals surface area contributed by atoms with Crippen LogP contribution >= 0.6 is 34.8 Å². The second-order valence-corrected chi connectivity index (χ2v) is 10.2. The van der Waals surface area contributed by atoms with Crippen molar-refractivity contribution in [1.29, 1.82) is 0 Å². The van der Waals surface area contributed by atoms with Crippen molar-refractivity contribution in [2.75, 3.05) is 13.6 Å². The van der Waals surface area contributed by atoms with Crippen LogP contribution in [0.25, 0.3) is 5.83 Å². The average molecular weight is 658 g/mol. The Kier molecular flexibility index (Phi) is 10.7. The summed E-state index contributed by atoms with van der Waals surface area (Å²) >= 11 is 17.6. The van der Waals surface area contributed by atoms with Crippen LogP contribution in [-0.4, -0.2) is 48.4 Å². The summed E-state index contributed by atoms with van der Waals surface area (Å²) in [6.07, 6.45) is -9.69. The molecule has 2 amide bonds. The van der Waals surface area contributed by atoms with Gasteiger partial charge >= 0.3 is 12.4 Å². The number of allylic oxidation sites excluding steroid dienone is 1. The molecule has 16 heteroatoms. The molecule has 1 N–H and O–H groups in total. The molecule has 2 rings (SSSR count). The maximum absolute atomic E-state index is 15.1. The van der Waals surface area contributed by atoms with Crippen LogP contribution in [0.1, 0.15) is 46.8 Å².